The summed E-state index contributed by atoms with van der Waals surface area (Å²) in [6, 6.07) is 3.96. The van der Waals surface area contributed by atoms with Gasteiger partial charge in [-0.25, -0.2) is 4.98 Å². The third-order valence-electron chi connectivity index (χ3n) is 4.37. The van der Waals surface area contributed by atoms with Crippen LogP contribution in [0.3, 0.4) is 0 Å². The largest absolute Gasteiger partial charge is 0.493 e. The number of nitrogens with zero attached hydrogens (tertiary/aromatic N) is 3. The molecule has 0 aromatic carbocycles. The van der Waals surface area contributed by atoms with E-state index >= 15 is 0 Å². The molecule has 0 N–H and O–H groups in total. The van der Waals surface area contributed by atoms with E-state index < -0.39 is 0 Å². The van der Waals surface area contributed by atoms with Gasteiger partial charge in [0.25, 0.3) is 0 Å². The quantitative estimate of drug-likeness (QED) is 0.857. The van der Waals surface area contributed by atoms with E-state index in [4.69, 9.17) is 9.72 Å². The Morgan fingerprint density at radius 3 is 2.85 bits per heavy atom. The van der Waals surface area contributed by atoms with E-state index in [1.54, 1.807) is 7.11 Å². The highest BCUT2D eigenvalue weighted by Gasteiger charge is 2.19. The summed E-state index contributed by atoms with van der Waals surface area (Å²) in [4.78, 5) is 7.27. The molecule has 0 saturated carbocycles. The van der Waals surface area contributed by atoms with Crippen LogP contribution < -0.4 is 4.74 Å². The molecule has 1 aliphatic heterocycles. The molecular formula is C16H23N3O. The Balaban J connectivity index is 1.72. The van der Waals surface area contributed by atoms with Crippen LogP contribution in [0.4, 0.5) is 0 Å². The molecule has 0 bridgehead atoms. The maximum absolute atomic E-state index is 5.37. The van der Waals surface area contributed by atoms with Gasteiger partial charge < -0.3 is 14.0 Å². The maximum atomic E-state index is 5.37. The second kappa shape index (κ2) is 5.83. The van der Waals surface area contributed by atoms with Crippen molar-refractivity contribution in [3.8, 4) is 5.75 Å². The molecule has 0 spiro atoms. The number of hydrogen-bond donors (Lipinski definition) is 0. The Morgan fingerprint density at radius 2 is 2.15 bits per heavy atom. The van der Waals surface area contributed by atoms with Gasteiger partial charge in [-0.2, -0.15) is 0 Å². The van der Waals surface area contributed by atoms with E-state index in [0.717, 1.165) is 23.7 Å². The molecule has 1 fully saturated rings. The van der Waals surface area contributed by atoms with Gasteiger partial charge >= 0.3 is 0 Å². The molecule has 1 saturated heterocycles. The zero-order valence-corrected chi connectivity index (χ0v) is 12.4. The predicted molar refractivity (Wildman–Crippen MR) is 80.3 cm³/mol. The van der Waals surface area contributed by atoms with Crippen LogP contribution in [0.25, 0.3) is 5.65 Å². The number of piperidine rings is 1. The fourth-order valence-electron chi connectivity index (χ4n) is 3.10. The third kappa shape index (κ3) is 2.66. The number of pyridine rings is 1. The molecular weight excluding hydrogens is 250 g/mol. The number of ether oxygens (including phenoxy) is 1. The number of hydrogen-bond acceptors (Lipinski definition) is 3. The fraction of sp³-hybridized carbons (Fsp3) is 0.562. The van der Waals surface area contributed by atoms with E-state index in [2.05, 4.69) is 22.4 Å². The Labute approximate surface area is 120 Å². The lowest BCUT2D eigenvalue weighted by atomic mass is 9.92. The van der Waals surface area contributed by atoms with E-state index in [0.29, 0.717) is 0 Å². The number of aromatic nitrogens is 2. The van der Waals surface area contributed by atoms with Gasteiger partial charge in [0, 0.05) is 12.4 Å². The van der Waals surface area contributed by atoms with Crippen LogP contribution in [-0.2, 0) is 6.42 Å². The molecule has 4 nitrogen and oxygen atoms in total. The minimum absolute atomic E-state index is 0.772. The Kier molecular flexibility index (Phi) is 3.92. The minimum atomic E-state index is 0.772. The van der Waals surface area contributed by atoms with Crippen molar-refractivity contribution in [2.75, 3.05) is 26.7 Å². The molecule has 2 aromatic rings. The molecule has 2 aromatic heterocycles. The average molecular weight is 273 g/mol. The van der Waals surface area contributed by atoms with Gasteiger partial charge in [-0.15, -0.1) is 0 Å². The molecule has 1 aliphatic rings. The Bertz CT molecular complexity index is 570. The number of methoxy groups -OCH3 is 1. The van der Waals surface area contributed by atoms with Crippen molar-refractivity contribution in [1.82, 2.24) is 14.3 Å². The lowest BCUT2D eigenvalue weighted by Gasteiger charge is -2.30. The van der Waals surface area contributed by atoms with E-state index in [1.807, 2.05) is 18.3 Å². The minimum Gasteiger partial charge on any atom is -0.493 e. The summed E-state index contributed by atoms with van der Waals surface area (Å²) in [7, 11) is 1.70. The average Bonchev–Trinajstić information content (AvgIpc) is 2.90. The van der Waals surface area contributed by atoms with E-state index in [9.17, 15) is 0 Å². The fourth-order valence-corrected chi connectivity index (χ4v) is 3.10. The van der Waals surface area contributed by atoms with Crippen LogP contribution in [0.5, 0.6) is 5.75 Å². The lowest BCUT2D eigenvalue weighted by Crippen LogP contribution is -2.34. The van der Waals surface area contributed by atoms with Crippen LogP contribution in [-0.4, -0.2) is 41.0 Å². The van der Waals surface area contributed by atoms with Crippen molar-refractivity contribution >= 4 is 5.65 Å². The van der Waals surface area contributed by atoms with Gasteiger partial charge in [0.05, 0.1) is 12.8 Å². The van der Waals surface area contributed by atoms with Gasteiger partial charge in [0.1, 0.15) is 0 Å². The van der Waals surface area contributed by atoms with E-state index in [-0.39, 0.29) is 0 Å². The highest BCUT2D eigenvalue weighted by Crippen LogP contribution is 2.23. The summed E-state index contributed by atoms with van der Waals surface area (Å²) in [5.74, 6) is 1.62. The highest BCUT2D eigenvalue weighted by atomic mass is 16.5. The van der Waals surface area contributed by atoms with Crippen molar-refractivity contribution in [2.45, 2.75) is 26.2 Å². The van der Waals surface area contributed by atoms with Gasteiger partial charge in [-0.05, 0) is 56.9 Å². The molecule has 3 rings (SSSR count). The van der Waals surface area contributed by atoms with Crippen LogP contribution in [0.1, 0.15) is 25.5 Å². The second-order valence-corrected chi connectivity index (χ2v) is 5.62. The number of fused-ring (bicyclic) bond motifs is 1. The first kappa shape index (κ1) is 13.4. The van der Waals surface area contributed by atoms with Crippen molar-refractivity contribution in [3.63, 3.8) is 0 Å². The zero-order chi connectivity index (χ0) is 13.9. The van der Waals surface area contributed by atoms with Gasteiger partial charge in [-0.1, -0.05) is 6.92 Å². The standard InChI is InChI=1S/C16H23N3O/c1-3-18-9-6-13(7-10-18)11-14-12-19-8-4-5-15(20-2)16(19)17-14/h4-5,8,12-13H,3,6-7,9-11H2,1-2H3. The van der Waals surface area contributed by atoms with Crippen molar-refractivity contribution in [1.29, 1.82) is 0 Å². The molecule has 0 aliphatic carbocycles. The van der Waals surface area contributed by atoms with E-state index in [1.165, 1.54) is 38.2 Å². The summed E-state index contributed by atoms with van der Waals surface area (Å²) in [5.41, 5.74) is 2.11. The van der Waals surface area contributed by atoms with Crippen molar-refractivity contribution in [2.24, 2.45) is 5.92 Å². The lowest BCUT2D eigenvalue weighted by molar-refractivity contribution is 0.191. The van der Waals surface area contributed by atoms with Crippen molar-refractivity contribution in [3.05, 3.63) is 30.2 Å². The smallest absolute Gasteiger partial charge is 0.179 e. The predicted octanol–water partition coefficient (Wildman–Crippen LogP) is 2.62. The zero-order valence-electron chi connectivity index (χ0n) is 12.4. The first-order valence-electron chi connectivity index (χ1n) is 7.53. The maximum Gasteiger partial charge on any atom is 0.179 e. The van der Waals surface area contributed by atoms with Crippen LogP contribution in [0.15, 0.2) is 24.5 Å². The Morgan fingerprint density at radius 1 is 1.35 bits per heavy atom. The summed E-state index contributed by atoms with van der Waals surface area (Å²) in [5, 5.41) is 0. The summed E-state index contributed by atoms with van der Waals surface area (Å²) in [6.07, 6.45) is 7.85. The molecule has 108 valence electrons. The summed E-state index contributed by atoms with van der Waals surface area (Å²) >= 11 is 0. The summed E-state index contributed by atoms with van der Waals surface area (Å²) in [6.45, 7) is 5.89. The van der Waals surface area contributed by atoms with Gasteiger partial charge in [0.15, 0.2) is 11.4 Å². The normalized spacial score (nSPS) is 17.7. The van der Waals surface area contributed by atoms with Crippen LogP contribution in [0, 0.1) is 5.92 Å². The monoisotopic (exact) mass is 273 g/mol. The third-order valence-corrected chi connectivity index (χ3v) is 4.37. The molecule has 3 heterocycles. The number of imidazole rings is 1. The SMILES string of the molecule is CCN1CCC(Cc2cn3cccc(OC)c3n2)CC1. The molecule has 0 unspecified atom stereocenters. The molecule has 0 atom stereocenters. The van der Waals surface area contributed by atoms with Gasteiger partial charge in [0.2, 0.25) is 0 Å². The van der Waals surface area contributed by atoms with Crippen molar-refractivity contribution < 1.29 is 4.74 Å². The van der Waals surface area contributed by atoms with Crippen LogP contribution in [0.2, 0.25) is 0 Å². The van der Waals surface area contributed by atoms with Gasteiger partial charge in [-0.3, -0.25) is 0 Å². The topological polar surface area (TPSA) is 29.8 Å². The molecule has 4 heteroatoms. The molecule has 0 radical (unpaired) electrons. The number of likely N-dealkylation sites (tertiary alicyclic amines) is 1. The Hall–Kier alpha value is -1.55. The summed E-state index contributed by atoms with van der Waals surface area (Å²) < 4.78 is 7.43. The second-order valence-electron chi connectivity index (χ2n) is 5.62. The van der Waals surface area contributed by atoms with Crippen LogP contribution >= 0.6 is 0 Å². The number of rotatable bonds is 4. The molecule has 0 amide bonds. The molecule has 20 heavy (non-hydrogen) atoms. The first-order chi connectivity index (χ1) is 9.80. The highest BCUT2D eigenvalue weighted by molar-refractivity contribution is 5.54. The first-order valence-corrected chi connectivity index (χ1v) is 7.53.